The van der Waals surface area contributed by atoms with Crippen LogP contribution >= 0.6 is 0 Å². The predicted molar refractivity (Wildman–Crippen MR) is 126 cm³/mol. The van der Waals surface area contributed by atoms with Gasteiger partial charge in [0.25, 0.3) is 0 Å². The van der Waals surface area contributed by atoms with Gasteiger partial charge in [-0.05, 0) is 57.5 Å². The normalized spacial score (nSPS) is 16.9. The molecule has 0 bridgehead atoms. The molecular weight excluding hydrogens is 418 g/mol. The third-order valence-electron chi connectivity index (χ3n) is 6.44. The molecule has 0 aliphatic carbocycles. The Hall–Kier alpha value is -3.32. The van der Waals surface area contributed by atoms with Gasteiger partial charge in [-0.3, -0.25) is 4.90 Å². The van der Waals surface area contributed by atoms with E-state index >= 15 is 0 Å². The van der Waals surface area contributed by atoms with E-state index in [4.69, 9.17) is 28.3 Å². The summed E-state index contributed by atoms with van der Waals surface area (Å²) in [5.41, 5.74) is 4.47. The average molecular weight is 448 g/mol. The molecule has 5 rings (SSSR count). The molecule has 2 aromatic heterocycles. The van der Waals surface area contributed by atoms with Crippen molar-refractivity contribution in [2.45, 2.75) is 39.2 Å². The molecule has 172 valence electrons. The molecule has 0 N–H and O–H groups in total. The standard InChI is InChI=1S/C26H29N3O4/c1-16-22(30-3)12-11-19(24(16)31-4)26-28-21(17(2)32-26)15-29-13-7-8-18(14-29)25-27-20-9-5-6-10-23(20)33-25/h5-6,9-12,18H,7-8,13-15H2,1-4H3/t18-/m0/s1. The zero-order chi connectivity index (χ0) is 22.9. The van der Waals surface area contributed by atoms with Crippen molar-refractivity contribution >= 4 is 11.1 Å². The number of rotatable bonds is 6. The molecule has 33 heavy (non-hydrogen) atoms. The van der Waals surface area contributed by atoms with E-state index in [-0.39, 0.29) is 5.92 Å². The molecule has 2 aromatic carbocycles. The van der Waals surface area contributed by atoms with Crippen LogP contribution in [0.1, 0.15) is 41.7 Å². The highest BCUT2D eigenvalue weighted by Crippen LogP contribution is 2.38. The number of nitrogens with zero attached hydrogens (tertiary/aromatic N) is 3. The van der Waals surface area contributed by atoms with Gasteiger partial charge in [-0.2, -0.15) is 0 Å². The van der Waals surface area contributed by atoms with Crippen molar-refractivity contribution < 1.29 is 18.3 Å². The topological polar surface area (TPSA) is 73.8 Å². The van der Waals surface area contributed by atoms with Gasteiger partial charge in [-0.1, -0.05) is 12.1 Å². The van der Waals surface area contributed by atoms with Gasteiger partial charge in [0.15, 0.2) is 11.5 Å². The number of fused-ring (bicyclic) bond motifs is 1. The lowest BCUT2D eigenvalue weighted by atomic mass is 9.98. The number of methoxy groups -OCH3 is 2. The molecule has 0 radical (unpaired) electrons. The van der Waals surface area contributed by atoms with Crippen molar-refractivity contribution in [3.63, 3.8) is 0 Å². The van der Waals surface area contributed by atoms with Crippen LogP contribution in [0.5, 0.6) is 11.5 Å². The SMILES string of the molecule is COc1ccc(-c2nc(CN3CCC[C@H](c4nc5ccccc5o4)C3)c(C)o2)c(OC)c1C. The maximum atomic E-state index is 6.08. The molecule has 4 aromatic rings. The van der Waals surface area contributed by atoms with Crippen molar-refractivity contribution in [3.8, 4) is 23.0 Å². The molecule has 1 aliphatic heterocycles. The molecule has 7 nitrogen and oxygen atoms in total. The first kappa shape index (κ1) is 21.5. The lowest BCUT2D eigenvalue weighted by molar-refractivity contribution is 0.185. The van der Waals surface area contributed by atoms with Gasteiger partial charge in [0.1, 0.15) is 22.8 Å². The third-order valence-corrected chi connectivity index (χ3v) is 6.44. The lowest BCUT2D eigenvalue weighted by Crippen LogP contribution is -2.34. The first-order chi connectivity index (χ1) is 16.1. The zero-order valence-corrected chi connectivity index (χ0v) is 19.6. The van der Waals surface area contributed by atoms with Crippen LogP contribution in [-0.2, 0) is 6.54 Å². The largest absolute Gasteiger partial charge is 0.496 e. The second kappa shape index (κ2) is 8.90. The summed E-state index contributed by atoms with van der Waals surface area (Å²) in [7, 11) is 3.31. The van der Waals surface area contributed by atoms with Crippen molar-refractivity contribution in [3.05, 3.63) is 59.3 Å². The molecule has 0 saturated carbocycles. The Labute approximate surface area is 193 Å². The van der Waals surface area contributed by atoms with Crippen LogP contribution in [-0.4, -0.2) is 42.2 Å². The number of para-hydroxylation sites is 2. The molecule has 7 heteroatoms. The highest BCUT2D eigenvalue weighted by Gasteiger charge is 2.27. The summed E-state index contributed by atoms with van der Waals surface area (Å²) in [5, 5.41) is 0. The van der Waals surface area contributed by atoms with E-state index in [1.165, 1.54) is 0 Å². The quantitative estimate of drug-likeness (QED) is 0.386. The summed E-state index contributed by atoms with van der Waals surface area (Å²) in [6.45, 7) is 6.57. The predicted octanol–water partition coefficient (Wildman–Crippen LogP) is 5.50. The maximum absolute atomic E-state index is 6.08. The summed E-state index contributed by atoms with van der Waals surface area (Å²) in [4.78, 5) is 12.0. The van der Waals surface area contributed by atoms with Crippen LogP contribution in [0, 0.1) is 13.8 Å². The Morgan fingerprint density at radius 2 is 1.88 bits per heavy atom. The Bertz CT molecular complexity index is 1240. The van der Waals surface area contributed by atoms with Gasteiger partial charge < -0.3 is 18.3 Å². The molecule has 3 heterocycles. The number of hydrogen-bond acceptors (Lipinski definition) is 7. The summed E-state index contributed by atoms with van der Waals surface area (Å²) in [6, 6.07) is 11.8. The zero-order valence-electron chi connectivity index (χ0n) is 19.6. The van der Waals surface area contributed by atoms with Crippen molar-refractivity contribution in [1.82, 2.24) is 14.9 Å². The summed E-state index contributed by atoms with van der Waals surface area (Å²) >= 11 is 0. The Morgan fingerprint density at radius 1 is 1.03 bits per heavy atom. The van der Waals surface area contributed by atoms with Crippen LogP contribution in [0.25, 0.3) is 22.6 Å². The minimum atomic E-state index is 0.280. The van der Waals surface area contributed by atoms with Gasteiger partial charge in [0.05, 0.1) is 25.5 Å². The number of benzene rings is 2. The average Bonchev–Trinajstić information content (AvgIpc) is 3.42. The number of ether oxygens (including phenoxy) is 2. The van der Waals surface area contributed by atoms with E-state index in [0.717, 1.165) is 83.5 Å². The van der Waals surface area contributed by atoms with Gasteiger partial charge in [-0.15, -0.1) is 0 Å². The Kier molecular flexibility index (Phi) is 5.81. The number of piperidine rings is 1. The molecular formula is C26H29N3O4. The molecule has 0 spiro atoms. The molecule has 1 atom stereocenters. The molecule has 0 unspecified atom stereocenters. The van der Waals surface area contributed by atoms with Crippen molar-refractivity contribution in [1.29, 1.82) is 0 Å². The summed E-state index contributed by atoms with van der Waals surface area (Å²) in [5.74, 6) is 4.00. The monoisotopic (exact) mass is 447 g/mol. The van der Waals surface area contributed by atoms with Crippen molar-refractivity contribution in [2.24, 2.45) is 0 Å². The number of aryl methyl sites for hydroxylation is 1. The van der Waals surface area contributed by atoms with Gasteiger partial charge in [0, 0.05) is 24.6 Å². The van der Waals surface area contributed by atoms with Crippen LogP contribution in [0.4, 0.5) is 0 Å². The van der Waals surface area contributed by atoms with E-state index < -0.39 is 0 Å². The van der Waals surface area contributed by atoms with Gasteiger partial charge >= 0.3 is 0 Å². The number of aromatic nitrogens is 2. The maximum Gasteiger partial charge on any atom is 0.230 e. The highest BCUT2D eigenvalue weighted by molar-refractivity contribution is 5.72. The van der Waals surface area contributed by atoms with Crippen molar-refractivity contribution in [2.75, 3.05) is 27.3 Å². The van der Waals surface area contributed by atoms with E-state index in [1.807, 2.05) is 50.2 Å². The van der Waals surface area contributed by atoms with Gasteiger partial charge in [0.2, 0.25) is 5.89 Å². The second-order valence-corrected chi connectivity index (χ2v) is 8.59. The minimum Gasteiger partial charge on any atom is -0.496 e. The number of likely N-dealkylation sites (tertiary alicyclic amines) is 1. The smallest absolute Gasteiger partial charge is 0.230 e. The van der Waals surface area contributed by atoms with Gasteiger partial charge in [-0.25, -0.2) is 9.97 Å². The molecule has 0 amide bonds. The summed E-state index contributed by atoms with van der Waals surface area (Å²) in [6.07, 6.45) is 2.17. The Balaban J connectivity index is 1.35. The number of oxazole rings is 2. The first-order valence-electron chi connectivity index (χ1n) is 11.3. The second-order valence-electron chi connectivity index (χ2n) is 8.59. The third kappa shape index (κ3) is 4.09. The lowest BCUT2D eigenvalue weighted by Gasteiger charge is -2.30. The number of hydrogen-bond donors (Lipinski definition) is 0. The van der Waals surface area contributed by atoms with Crippen LogP contribution < -0.4 is 9.47 Å². The molecule has 1 saturated heterocycles. The van der Waals surface area contributed by atoms with E-state index in [0.29, 0.717) is 5.89 Å². The minimum absolute atomic E-state index is 0.280. The molecule has 1 aliphatic rings. The Morgan fingerprint density at radius 3 is 2.67 bits per heavy atom. The fraction of sp³-hybridized carbons (Fsp3) is 0.385. The van der Waals surface area contributed by atoms with Crippen LogP contribution in [0.2, 0.25) is 0 Å². The van der Waals surface area contributed by atoms with E-state index in [2.05, 4.69) is 4.90 Å². The summed E-state index contributed by atoms with van der Waals surface area (Å²) < 4.78 is 23.2. The fourth-order valence-electron chi connectivity index (χ4n) is 4.69. The molecule has 1 fully saturated rings. The van der Waals surface area contributed by atoms with Crippen LogP contribution in [0.3, 0.4) is 0 Å². The first-order valence-corrected chi connectivity index (χ1v) is 11.3. The fourth-order valence-corrected chi connectivity index (χ4v) is 4.69. The van der Waals surface area contributed by atoms with Crippen LogP contribution in [0.15, 0.2) is 45.2 Å². The highest BCUT2D eigenvalue weighted by atomic mass is 16.5. The van der Waals surface area contributed by atoms with E-state index in [9.17, 15) is 0 Å². The van der Waals surface area contributed by atoms with E-state index in [1.54, 1.807) is 14.2 Å².